The SMILES string of the molecule is Cc1noc(CSc2ccccc2C(=O)OCC(=O)Nc2ccccc2Br)n1. The van der Waals surface area contributed by atoms with Crippen molar-refractivity contribution in [2.45, 2.75) is 17.6 Å². The minimum Gasteiger partial charge on any atom is -0.452 e. The molecule has 0 fully saturated rings. The summed E-state index contributed by atoms with van der Waals surface area (Å²) in [5, 5.41) is 6.42. The van der Waals surface area contributed by atoms with Crippen LogP contribution in [0.5, 0.6) is 0 Å². The van der Waals surface area contributed by atoms with E-state index >= 15 is 0 Å². The van der Waals surface area contributed by atoms with Crippen molar-refractivity contribution in [3.63, 3.8) is 0 Å². The molecule has 1 aromatic heterocycles. The number of nitrogens with zero attached hydrogens (tertiary/aromatic N) is 2. The van der Waals surface area contributed by atoms with E-state index in [0.717, 1.165) is 4.47 Å². The summed E-state index contributed by atoms with van der Waals surface area (Å²) in [5.41, 5.74) is 0.979. The third-order valence-electron chi connectivity index (χ3n) is 3.51. The fraction of sp³-hybridized carbons (Fsp3) is 0.158. The molecule has 0 unspecified atom stereocenters. The third-order valence-corrected chi connectivity index (χ3v) is 5.26. The lowest BCUT2D eigenvalue weighted by atomic mass is 10.2. The lowest BCUT2D eigenvalue weighted by Crippen LogP contribution is -2.21. The maximum atomic E-state index is 12.4. The van der Waals surface area contributed by atoms with Crippen molar-refractivity contribution in [1.82, 2.24) is 10.1 Å². The van der Waals surface area contributed by atoms with Crippen molar-refractivity contribution in [1.29, 1.82) is 0 Å². The van der Waals surface area contributed by atoms with Crippen LogP contribution in [-0.2, 0) is 15.3 Å². The molecule has 1 amide bonds. The molecule has 7 nitrogen and oxygen atoms in total. The number of benzene rings is 2. The molecule has 0 bridgehead atoms. The van der Waals surface area contributed by atoms with Crippen molar-refractivity contribution in [2.75, 3.05) is 11.9 Å². The van der Waals surface area contributed by atoms with Gasteiger partial charge in [0.1, 0.15) is 0 Å². The van der Waals surface area contributed by atoms with Gasteiger partial charge < -0.3 is 14.6 Å². The number of ether oxygens (including phenoxy) is 1. The summed E-state index contributed by atoms with van der Waals surface area (Å²) in [6.07, 6.45) is 0. The van der Waals surface area contributed by atoms with E-state index in [0.29, 0.717) is 33.6 Å². The fourth-order valence-electron chi connectivity index (χ4n) is 2.26. The van der Waals surface area contributed by atoms with Gasteiger partial charge in [-0.3, -0.25) is 4.79 Å². The summed E-state index contributed by atoms with van der Waals surface area (Å²) >= 11 is 4.72. The number of para-hydroxylation sites is 1. The number of nitrogens with one attached hydrogen (secondary N) is 1. The van der Waals surface area contributed by atoms with Crippen LogP contribution in [0.4, 0.5) is 5.69 Å². The van der Waals surface area contributed by atoms with E-state index in [1.165, 1.54) is 11.8 Å². The van der Waals surface area contributed by atoms with Crippen molar-refractivity contribution < 1.29 is 18.8 Å². The van der Waals surface area contributed by atoms with Crippen LogP contribution in [0.2, 0.25) is 0 Å². The summed E-state index contributed by atoms with van der Waals surface area (Å²) in [6.45, 7) is 1.35. The summed E-state index contributed by atoms with van der Waals surface area (Å²) in [5.74, 6) is 0.449. The molecule has 0 aliphatic rings. The highest BCUT2D eigenvalue weighted by Crippen LogP contribution is 2.26. The molecule has 0 aliphatic carbocycles. The standard InChI is InChI=1S/C19H16BrN3O4S/c1-12-21-18(27-23-12)11-28-16-9-5-2-6-13(16)19(25)26-10-17(24)22-15-8-4-3-7-14(15)20/h2-9H,10-11H2,1H3,(H,22,24). The number of hydrogen-bond donors (Lipinski definition) is 1. The third kappa shape index (κ3) is 5.43. The van der Waals surface area contributed by atoms with Crippen LogP contribution in [0, 0.1) is 6.92 Å². The van der Waals surface area contributed by atoms with Gasteiger partial charge in [0.25, 0.3) is 5.91 Å². The minimum absolute atomic E-state index is 0.373. The first kappa shape index (κ1) is 20.1. The molecule has 144 valence electrons. The number of esters is 1. The molecule has 1 N–H and O–H groups in total. The Kier molecular flexibility index (Phi) is 6.83. The van der Waals surface area contributed by atoms with E-state index in [-0.39, 0.29) is 6.61 Å². The topological polar surface area (TPSA) is 94.3 Å². The van der Waals surface area contributed by atoms with E-state index in [1.54, 1.807) is 43.3 Å². The number of carbonyl (C=O) groups excluding carboxylic acids is 2. The Morgan fingerprint density at radius 2 is 1.93 bits per heavy atom. The fourth-order valence-corrected chi connectivity index (χ4v) is 3.52. The second-order valence-electron chi connectivity index (χ2n) is 5.62. The minimum atomic E-state index is -0.577. The molecule has 3 rings (SSSR count). The van der Waals surface area contributed by atoms with Crippen LogP contribution in [0.1, 0.15) is 22.1 Å². The Morgan fingerprint density at radius 1 is 1.18 bits per heavy atom. The first-order chi connectivity index (χ1) is 13.5. The number of amides is 1. The zero-order valence-electron chi connectivity index (χ0n) is 14.8. The van der Waals surface area contributed by atoms with Gasteiger partial charge in [0.15, 0.2) is 12.4 Å². The van der Waals surface area contributed by atoms with Crippen molar-refractivity contribution in [3.05, 3.63) is 70.3 Å². The number of hydrogen-bond acceptors (Lipinski definition) is 7. The quantitative estimate of drug-likeness (QED) is 0.415. The first-order valence-electron chi connectivity index (χ1n) is 8.25. The van der Waals surface area contributed by atoms with Crippen molar-refractivity contribution in [3.8, 4) is 0 Å². The molecule has 0 aliphatic heterocycles. The van der Waals surface area contributed by atoms with E-state index in [9.17, 15) is 9.59 Å². The number of aromatic nitrogens is 2. The number of thioether (sulfide) groups is 1. The van der Waals surface area contributed by atoms with Crippen molar-refractivity contribution in [2.24, 2.45) is 0 Å². The summed E-state index contributed by atoms with van der Waals surface area (Å²) in [6, 6.07) is 14.2. The molecule has 28 heavy (non-hydrogen) atoms. The molecule has 3 aromatic rings. The molecule has 2 aromatic carbocycles. The summed E-state index contributed by atoms with van der Waals surface area (Å²) in [7, 11) is 0. The Hall–Kier alpha value is -2.65. The predicted octanol–water partition coefficient (Wildman–Crippen LogP) is 4.23. The predicted molar refractivity (Wildman–Crippen MR) is 108 cm³/mol. The van der Waals surface area contributed by atoms with Gasteiger partial charge >= 0.3 is 5.97 Å². The molecule has 0 atom stereocenters. The number of carbonyl (C=O) groups is 2. The average Bonchev–Trinajstić information content (AvgIpc) is 3.12. The molecule has 0 radical (unpaired) electrons. The maximum Gasteiger partial charge on any atom is 0.339 e. The van der Waals surface area contributed by atoms with Crippen LogP contribution in [-0.4, -0.2) is 28.6 Å². The second kappa shape index (κ2) is 9.52. The Balaban J connectivity index is 1.58. The van der Waals surface area contributed by atoms with Gasteiger partial charge in [0, 0.05) is 9.37 Å². The molecular weight excluding hydrogens is 446 g/mol. The zero-order valence-corrected chi connectivity index (χ0v) is 17.2. The number of halogens is 1. The highest BCUT2D eigenvalue weighted by molar-refractivity contribution is 9.10. The molecule has 9 heteroatoms. The number of rotatable bonds is 7. The second-order valence-corrected chi connectivity index (χ2v) is 7.50. The van der Waals surface area contributed by atoms with Crippen LogP contribution < -0.4 is 5.32 Å². The smallest absolute Gasteiger partial charge is 0.339 e. The lowest BCUT2D eigenvalue weighted by molar-refractivity contribution is -0.119. The van der Waals surface area contributed by atoms with Crippen LogP contribution >= 0.6 is 27.7 Å². The van der Waals surface area contributed by atoms with Gasteiger partial charge in [0.2, 0.25) is 5.89 Å². The summed E-state index contributed by atoms with van der Waals surface area (Å²) < 4.78 is 11.0. The van der Waals surface area contributed by atoms with Gasteiger partial charge in [-0.2, -0.15) is 4.98 Å². The zero-order chi connectivity index (χ0) is 19.9. The molecule has 1 heterocycles. The number of aryl methyl sites for hydroxylation is 1. The number of anilines is 1. The molecule has 0 saturated carbocycles. The molecule has 0 spiro atoms. The average molecular weight is 462 g/mol. The van der Waals surface area contributed by atoms with Crippen LogP contribution in [0.25, 0.3) is 0 Å². The Bertz CT molecular complexity index is 993. The van der Waals surface area contributed by atoms with Crippen molar-refractivity contribution >= 4 is 45.3 Å². The van der Waals surface area contributed by atoms with Gasteiger partial charge in [0.05, 0.1) is 17.0 Å². The van der Waals surface area contributed by atoms with Crippen LogP contribution in [0.15, 0.2) is 62.4 Å². The van der Waals surface area contributed by atoms with E-state index in [4.69, 9.17) is 9.26 Å². The van der Waals surface area contributed by atoms with Gasteiger partial charge in [-0.05, 0) is 47.1 Å². The highest BCUT2D eigenvalue weighted by Gasteiger charge is 2.16. The highest BCUT2D eigenvalue weighted by atomic mass is 79.9. The largest absolute Gasteiger partial charge is 0.452 e. The normalized spacial score (nSPS) is 10.5. The maximum absolute atomic E-state index is 12.4. The lowest BCUT2D eigenvalue weighted by Gasteiger charge is -2.10. The Morgan fingerprint density at radius 3 is 2.68 bits per heavy atom. The molecule has 0 saturated heterocycles. The van der Waals surface area contributed by atoms with Gasteiger partial charge in [-0.1, -0.05) is 29.4 Å². The van der Waals surface area contributed by atoms with E-state index in [2.05, 4.69) is 31.4 Å². The molecular formula is C19H16BrN3O4S. The van der Waals surface area contributed by atoms with Crippen LogP contribution in [0.3, 0.4) is 0 Å². The first-order valence-corrected chi connectivity index (χ1v) is 10.0. The van der Waals surface area contributed by atoms with Gasteiger partial charge in [-0.15, -0.1) is 11.8 Å². The monoisotopic (exact) mass is 461 g/mol. The Labute approximate surface area is 174 Å². The summed E-state index contributed by atoms with van der Waals surface area (Å²) in [4.78, 5) is 29.3. The van der Waals surface area contributed by atoms with E-state index < -0.39 is 11.9 Å². The van der Waals surface area contributed by atoms with Gasteiger partial charge in [-0.25, -0.2) is 4.79 Å². The van der Waals surface area contributed by atoms with E-state index in [1.807, 2.05) is 12.1 Å².